The van der Waals surface area contributed by atoms with Crippen molar-refractivity contribution in [1.29, 1.82) is 0 Å². The van der Waals surface area contributed by atoms with Crippen LogP contribution in [0.3, 0.4) is 0 Å². The van der Waals surface area contributed by atoms with Gasteiger partial charge in [-0.1, -0.05) is 38.9 Å². The van der Waals surface area contributed by atoms with E-state index in [0.717, 1.165) is 3.82 Å². The van der Waals surface area contributed by atoms with Crippen molar-refractivity contribution in [3.8, 4) is 0 Å². The van der Waals surface area contributed by atoms with E-state index >= 15 is 0 Å². The molecule has 1 rings (SSSR count). The van der Waals surface area contributed by atoms with Crippen molar-refractivity contribution in [1.82, 2.24) is 0 Å². The van der Waals surface area contributed by atoms with Gasteiger partial charge in [-0.3, -0.25) is 0 Å². The monoisotopic (exact) mass is 268 g/mol. The fraction of sp³-hybridized carbons (Fsp3) is 0.667. The largest absolute Gasteiger partial charge is 0.128 e. The summed E-state index contributed by atoms with van der Waals surface area (Å²) in [7, 11) is 0. The molecule has 0 saturated heterocycles. The number of hydrogen-bond acceptors (Lipinski definition) is 2. The smallest absolute Gasteiger partial charge is 0.0933 e. The van der Waals surface area contributed by atoms with Gasteiger partial charge < -0.3 is 0 Å². The average Bonchev–Trinajstić information content (AvgIpc) is 2.32. The van der Waals surface area contributed by atoms with Gasteiger partial charge in [-0.25, -0.2) is 0 Å². The van der Waals surface area contributed by atoms with Crippen LogP contribution >= 0.6 is 23.6 Å². The van der Waals surface area contributed by atoms with Gasteiger partial charge in [0.25, 0.3) is 0 Å². The molecule has 0 unspecified atom stereocenters. The third-order valence-corrected chi connectivity index (χ3v) is 5.16. The van der Waals surface area contributed by atoms with Gasteiger partial charge in [-0.2, -0.15) is 0 Å². The normalized spacial score (nSPS) is 10.8. The molecule has 1 aromatic rings. The van der Waals surface area contributed by atoms with Crippen molar-refractivity contribution in [2.45, 2.75) is 66.2 Å². The average molecular weight is 268 g/mol. The van der Waals surface area contributed by atoms with Crippen LogP contribution in [0.15, 0.2) is 0 Å². The number of hydrogen-bond donors (Lipinski definition) is 0. The van der Waals surface area contributed by atoms with Gasteiger partial charge in [0.1, 0.15) is 0 Å². The molecule has 0 spiro atoms. The Labute approximate surface area is 115 Å². The molecular formula is C15H24S2. The van der Waals surface area contributed by atoms with E-state index in [0.29, 0.717) is 0 Å². The van der Waals surface area contributed by atoms with Crippen LogP contribution in [0.4, 0.5) is 0 Å². The zero-order valence-electron chi connectivity index (χ0n) is 11.6. The lowest BCUT2D eigenvalue weighted by Gasteiger charge is -2.14. The van der Waals surface area contributed by atoms with E-state index in [4.69, 9.17) is 12.2 Å². The Kier molecular flexibility index (Phi) is 6.35. The van der Waals surface area contributed by atoms with Gasteiger partial charge in [0.2, 0.25) is 0 Å². The summed E-state index contributed by atoms with van der Waals surface area (Å²) in [6.45, 7) is 8.94. The molecule has 0 saturated carbocycles. The Morgan fingerprint density at radius 3 is 2.12 bits per heavy atom. The number of unbranched alkanes of at least 4 members (excludes halogenated alkanes) is 2. The van der Waals surface area contributed by atoms with Gasteiger partial charge in [-0.15, -0.1) is 11.3 Å². The van der Waals surface area contributed by atoms with Gasteiger partial charge in [0, 0.05) is 4.88 Å². The standard InChI is InChI=1S/C15H24S2/c1-5-7-9-13-11(3)12(4)15(16)17-14(13)10-8-6-2/h5-10H2,1-4H3. The number of aryl methyl sites for hydroxylation is 1. The van der Waals surface area contributed by atoms with Crippen LogP contribution in [-0.4, -0.2) is 0 Å². The fourth-order valence-corrected chi connectivity index (χ4v) is 3.67. The Hall–Kier alpha value is -0.210. The number of rotatable bonds is 6. The van der Waals surface area contributed by atoms with E-state index < -0.39 is 0 Å². The molecule has 0 bridgehead atoms. The van der Waals surface area contributed by atoms with Crippen LogP contribution in [0.5, 0.6) is 0 Å². The predicted molar refractivity (Wildman–Crippen MR) is 81.9 cm³/mol. The molecule has 0 aromatic carbocycles. The van der Waals surface area contributed by atoms with Crippen molar-refractivity contribution < 1.29 is 0 Å². The first kappa shape index (κ1) is 14.8. The second-order valence-electron chi connectivity index (χ2n) is 4.75. The highest BCUT2D eigenvalue weighted by atomic mass is 32.1. The summed E-state index contributed by atoms with van der Waals surface area (Å²) in [5, 5.41) is 0. The minimum absolute atomic E-state index is 1.09. The summed E-state index contributed by atoms with van der Waals surface area (Å²) in [5.41, 5.74) is 4.38. The van der Waals surface area contributed by atoms with Crippen molar-refractivity contribution in [2.75, 3.05) is 0 Å². The quantitative estimate of drug-likeness (QED) is 0.589. The molecule has 0 N–H and O–H groups in total. The molecule has 0 aliphatic rings. The molecule has 0 nitrogen and oxygen atoms in total. The van der Waals surface area contributed by atoms with E-state index in [1.54, 1.807) is 10.4 Å². The molecule has 1 aromatic heterocycles. The summed E-state index contributed by atoms with van der Waals surface area (Å²) >= 11 is 7.32. The third kappa shape index (κ3) is 3.89. The Bertz CT molecular complexity index is 416. The van der Waals surface area contributed by atoms with Crippen LogP contribution in [0, 0.1) is 17.7 Å². The van der Waals surface area contributed by atoms with Crippen molar-refractivity contribution in [2.24, 2.45) is 0 Å². The lowest BCUT2D eigenvalue weighted by Crippen LogP contribution is -1.99. The lowest BCUT2D eigenvalue weighted by molar-refractivity contribution is 0.762. The Morgan fingerprint density at radius 2 is 1.53 bits per heavy atom. The first-order chi connectivity index (χ1) is 8.11. The van der Waals surface area contributed by atoms with Crippen molar-refractivity contribution >= 4 is 23.6 Å². The summed E-state index contributed by atoms with van der Waals surface area (Å²) < 4.78 is 1.09. The summed E-state index contributed by atoms with van der Waals surface area (Å²) in [4.78, 5) is 1.55. The maximum absolute atomic E-state index is 5.47. The molecule has 1 heterocycles. The van der Waals surface area contributed by atoms with Crippen LogP contribution in [-0.2, 0) is 12.8 Å². The second kappa shape index (κ2) is 7.27. The molecule has 17 heavy (non-hydrogen) atoms. The highest BCUT2D eigenvalue weighted by Crippen LogP contribution is 2.27. The summed E-state index contributed by atoms with van der Waals surface area (Å²) in [6, 6.07) is 0. The van der Waals surface area contributed by atoms with Crippen LogP contribution in [0.2, 0.25) is 0 Å². The van der Waals surface area contributed by atoms with E-state index in [2.05, 4.69) is 27.7 Å². The third-order valence-electron chi connectivity index (χ3n) is 3.41. The van der Waals surface area contributed by atoms with Gasteiger partial charge in [0.15, 0.2) is 0 Å². The van der Waals surface area contributed by atoms with E-state index in [9.17, 15) is 0 Å². The molecule has 0 radical (unpaired) electrons. The van der Waals surface area contributed by atoms with Crippen molar-refractivity contribution in [3.05, 3.63) is 25.4 Å². The molecule has 0 atom stereocenters. The second-order valence-corrected chi connectivity index (χ2v) is 6.52. The molecule has 0 aliphatic heterocycles. The van der Waals surface area contributed by atoms with Crippen LogP contribution < -0.4 is 0 Å². The highest BCUT2D eigenvalue weighted by molar-refractivity contribution is 7.73. The molecule has 2 heteroatoms. The molecule has 0 fully saturated rings. The minimum Gasteiger partial charge on any atom is -0.128 e. The summed E-state index contributed by atoms with van der Waals surface area (Å²) in [6.07, 6.45) is 7.56. The van der Waals surface area contributed by atoms with E-state index in [-0.39, 0.29) is 0 Å². The SMILES string of the molecule is CCCCc1sc(=S)c(C)c(C)c1CCCC. The van der Waals surface area contributed by atoms with Crippen molar-refractivity contribution in [3.63, 3.8) is 0 Å². The lowest BCUT2D eigenvalue weighted by atomic mass is 9.99. The van der Waals surface area contributed by atoms with Gasteiger partial charge in [-0.05, 0) is 56.2 Å². The maximum atomic E-state index is 5.47. The summed E-state index contributed by atoms with van der Waals surface area (Å²) in [5.74, 6) is 0. The molecule has 0 aliphatic carbocycles. The van der Waals surface area contributed by atoms with Gasteiger partial charge >= 0.3 is 0 Å². The Balaban J connectivity index is 3.11. The predicted octanol–water partition coefficient (Wildman–Crippen LogP) is 5.78. The van der Waals surface area contributed by atoms with E-state index in [1.807, 2.05) is 11.3 Å². The molecular weight excluding hydrogens is 244 g/mol. The topological polar surface area (TPSA) is 0 Å². The zero-order valence-corrected chi connectivity index (χ0v) is 13.2. The molecule has 0 amide bonds. The first-order valence-electron chi connectivity index (χ1n) is 6.73. The maximum Gasteiger partial charge on any atom is 0.0933 e. The minimum atomic E-state index is 1.09. The highest BCUT2D eigenvalue weighted by Gasteiger charge is 2.10. The molecule has 96 valence electrons. The fourth-order valence-electron chi connectivity index (χ4n) is 2.06. The Morgan fingerprint density at radius 1 is 0.941 bits per heavy atom. The van der Waals surface area contributed by atoms with Gasteiger partial charge in [0.05, 0.1) is 3.82 Å². The van der Waals surface area contributed by atoms with E-state index in [1.165, 1.54) is 49.7 Å². The zero-order chi connectivity index (χ0) is 12.8. The van der Waals surface area contributed by atoms with Crippen LogP contribution in [0.25, 0.3) is 0 Å². The van der Waals surface area contributed by atoms with Crippen LogP contribution in [0.1, 0.15) is 61.1 Å². The first-order valence-corrected chi connectivity index (χ1v) is 7.96.